The molecular weight excluding hydrogens is 468 g/mol. The summed E-state index contributed by atoms with van der Waals surface area (Å²) in [7, 11) is 1.22. The number of carbonyl (C=O) groups is 3. The molecule has 184 valence electrons. The number of benzene rings is 3. The van der Waals surface area contributed by atoms with Crippen molar-refractivity contribution < 1.29 is 43.4 Å². The monoisotopic (exact) mass is 490 g/mol. The van der Waals surface area contributed by atoms with Gasteiger partial charge in [0.2, 0.25) is 0 Å². The number of carbonyl (C=O) groups excluding carboxylic acids is 3. The number of esters is 1. The zero-order chi connectivity index (χ0) is 25.7. The fraction of sp³-hybridized carbons (Fsp3) is 0.222. The molecule has 9 nitrogen and oxygen atoms in total. The van der Waals surface area contributed by atoms with Crippen LogP contribution >= 0.6 is 0 Å². The molecule has 1 spiro atoms. The van der Waals surface area contributed by atoms with Crippen molar-refractivity contribution in [3.05, 3.63) is 94.0 Å². The Morgan fingerprint density at radius 1 is 0.806 bits per heavy atom. The van der Waals surface area contributed by atoms with E-state index in [1.165, 1.54) is 25.3 Å². The molecule has 0 saturated carbocycles. The zero-order valence-corrected chi connectivity index (χ0v) is 19.9. The average molecular weight is 490 g/mol. The molecule has 0 N–H and O–H groups in total. The highest BCUT2D eigenvalue weighted by Gasteiger charge is 2.53. The lowest BCUT2D eigenvalue weighted by molar-refractivity contribution is -0.301. The third kappa shape index (κ3) is 3.78. The van der Waals surface area contributed by atoms with E-state index in [1.807, 2.05) is 0 Å². The zero-order valence-electron chi connectivity index (χ0n) is 19.9. The van der Waals surface area contributed by atoms with E-state index >= 15 is 0 Å². The quantitative estimate of drug-likeness (QED) is 0.288. The van der Waals surface area contributed by atoms with Gasteiger partial charge in [-0.05, 0) is 63.2 Å². The molecular formula is C27H22O9. The molecule has 0 amide bonds. The van der Waals surface area contributed by atoms with Crippen LogP contribution in [0.2, 0.25) is 0 Å². The highest BCUT2D eigenvalue weighted by molar-refractivity contribution is 5.98. The third-order valence-electron chi connectivity index (χ3n) is 5.71. The normalized spacial score (nSPS) is 17.4. The summed E-state index contributed by atoms with van der Waals surface area (Å²) in [6.45, 7) is 5.24. The van der Waals surface area contributed by atoms with E-state index in [1.54, 1.807) is 63.2 Å². The van der Waals surface area contributed by atoms with Gasteiger partial charge in [-0.2, -0.15) is 9.78 Å². The van der Waals surface area contributed by atoms with Gasteiger partial charge in [0, 0.05) is 16.7 Å². The summed E-state index contributed by atoms with van der Waals surface area (Å²) in [5, 5.41) is 0. The molecule has 3 aromatic carbocycles. The standard InChI is InChI=1S/C27H22O9/c1-26(2,3)36-35-24(29)16-10-12-20-22(14-16)32-21-13-15(23(28)34-31-4)9-11-19(21)27(20)18-8-6-5-7-17(18)25(30)33-27/h5-14H,1-4H3. The highest BCUT2D eigenvalue weighted by Crippen LogP contribution is 2.56. The molecule has 5 rings (SSSR count). The van der Waals surface area contributed by atoms with Crippen molar-refractivity contribution in [3.63, 3.8) is 0 Å². The van der Waals surface area contributed by atoms with Crippen molar-refractivity contribution in [2.75, 3.05) is 7.11 Å². The van der Waals surface area contributed by atoms with Crippen molar-refractivity contribution in [2.24, 2.45) is 0 Å². The third-order valence-corrected chi connectivity index (χ3v) is 5.71. The first-order valence-corrected chi connectivity index (χ1v) is 11.1. The minimum Gasteiger partial charge on any atom is -0.456 e. The van der Waals surface area contributed by atoms with Gasteiger partial charge in [-0.3, -0.25) is 9.78 Å². The van der Waals surface area contributed by atoms with E-state index in [9.17, 15) is 14.4 Å². The van der Waals surface area contributed by atoms with E-state index in [0.29, 0.717) is 22.3 Å². The van der Waals surface area contributed by atoms with E-state index in [4.69, 9.17) is 19.2 Å². The Morgan fingerprint density at radius 3 is 1.97 bits per heavy atom. The van der Waals surface area contributed by atoms with Gasteiger partial charge in [0.05, 0.1) is 23.8 Å². The fourth-order valence-corrected chi connectivity index (χ4v) is 4.26. The molecule has 0 bridgehead atoms. The van der Waals surface area contributed by atoms with Crippen molar-refractivity contribution in [1.29, 1.82) is 0 Å². The first-order valence-electron chi connectivity index (χ1n) is 11.1. The van der Waals surface area contributed by atoms with Crippen LogP contribution < -0.4 is 4.74 Å². The predicted octanol–water partition coefficient (Wildman–Crippen LogP) is 4.86. The second-order valence-electron chi connectivity index (χ2n) is 9.24. The maximum absolute atomic E-state index is 12.9. The fourth-order valence-electron chi connectivity index (χ4n) is 4.26. The van der Waals surface area contributed by atoms with Gasteiger partial charge in [-0.15, -0.1) is 0 Å². The Labute approximate surface area is 206 Å². The molecule has 0 fully saturated rings. The summed E-state index contributed by atoms with van der Waals surface area (Å²) in [6.07, 6.45) is 0. The number of hydrogen-bond donors (Lipinski definition) is 0. The highest BCUT2D eigenvalue weighted by atomic mass is 17.2. The van der Waals surface area contributed by atoms with Crippen LogP contribution in [0.15, 0.2) is 60.7 Å². The first-order chi connectivity index (χ1) is 17.1. The maximum atomic E-state index is 12.9. The minimum atomic E-state index is -1.36. The summed E-state index contributed by atoms with van der Waals surface area (Å²) >= 11 is 0. The van der Waals surface area contributed by atoms with Gasteiger partial charge in [-0.1, -0.05) is 18.2 Å². The summed E-state index contributed by atoms with van der Waals surface area (Å²) in [5.74, 6) is -1.47. The first kappa shape index (κ1) is 23.5. The second-order valence-corrected chi connectivity index (χ2v) is 9.24. The van der Waals surface area contributed by atoms with E-state index in [0.717, 1.165) is 0 Å². The van der Waals surface area contributed by atoms with Crippen LogP contribution in [0, 0.1) is 0 Å². The molecule has 0 aromatic heterocycles. The Kier molecular flexibility index (Phi) is 5.54. The Balaban J connectivity index is 1.66. The molecule has 1 atom stereocenters. The van der Waals surface area contributed by atoms with Crippen LogP contribution in [0.25, 0.3) is 0 Å². The number of ether oxygens (including phenoxy) is 2. The summed E-state index contributed by atoms with van der Waals surface area (Å²) < 4.78 is 12.2. The molecule has 3 aromatic rings. The van der Waals surface area contributed by atoms with Gasteiger partial charge >= 0.3 is 17.9 Å². The molecule has 2 aliphatic rings. The van der Waals surface area contributed by atoms with Crippen LogP contribution in [0.4, 0.5) is 0 Å². The summed E-state index contributed by atoms with van der Waals surface area (Å²) in [6, 6.07) is 16.3. The smallest absolute Gasteiger partial charge is 0.373 e. The molecule has 9 heteroatoms. The van der Waals surface area contributed by atoms with Gasteiger partial charge in [0.1, 0.15) is 17.1 Å². The largest absolute Gasteiger partial charge is 0.456 e. The Hall–Kier alpha value is -4.21. The van der Waals surface area contributed by atoms with Gasteiger partial charge in [0.25, 0.3) is 0 Å². The molecule has 0 radical (unpaired) electrons. The molecule has 36 heavy (non-hydrogen) atoms. The van der Waals surface area contributed by atoms with Gasteiger partial charge < -0.3 is 9.47 Å². The lowest BCUT2D eigenvalue weighted by Crippen LogP contribution is -2.33. The van der Waals surface area contributed by atoms with Crippen LogP contribution in [0.5, 0.6) is 11.5 Å². The lowest BCUT2D eigenvalue weighted by Gasteiger charge is -2.36. The molecule has 1 unspecified atom stereocenters. The van der Waals surface area contributed by atoms with E-state index < -0.39 is 29.1 Å². The second kappa shape index (κ2) is 8.47. The van der Waals surface area contributed by atoms with Gasteiger partial charge in [0.15, 0.2) is 5.60 Å². The van der Waals surface area contributed by atoms with Crippen LogP contribution in [-0.2, 0) is 29.9 Å². The lowest BCUT2D eigenvalue weighted by atomic mass is 9.77. The Morgan fingerprint density at radius 2 is 1.39 bits per heavy atom. The molecule has 0 aliphatic carbocycles. The van der Waals surface area contributed by atoms with Crippen LogP contribution in [0.3, 0.4) is 0 Å². The average Bonchev–Trinajstić information content (AvgIpc) is 3.14. The van der Waals surface area contributed by atoms with Crippen molar-refractivity contribution in [3.8, 4) is 11.5 Å². The van der Waals surface area contributed by atoms with Crippen LogP contribution in [0.1, 0.15) is 68.5 Å². The minimum absolute atomic E-state index is 0.154. The number of rotatable bonds is 4. The van der Waals surface area contributed by atoms with E-state index in [-0.39, 0.29) is 22.6 Å². The van der Waals surface area contributed by atoms with E-state index in [2.05, 4.69) is 9.78 Å². The van der Waals surface area contributed by atoms with Crippen molar-refractivity contribution in [1.82, 2.24) is 0 Å². The van der Waals surface area contributed by atoms with Crippen molar-refractivity contribution in [2.45, 2.75) is 32.0 Å². The number of fused-ring (bicyclic) bond motifs is 6. The summed E-state index contributed by atoms with van der Waals surface area (Å²) in [4.78, 5) is 57.1. The summed E-state index contributed by atoms with van der Waals surface area (Å²) in [5.41, 5.74) is 0.288. The maximum Gasteiger partial charge on any atom is 0.373 e. The van der Waals surface area contributed by atoms with Crippen LogP contribution in [-0.4, -0.2) is 30.6 Å². The predicted molar refractivity (Wildman–Crippen MR) is 123 cm³/mol. The Bertz CT molecular complexity index is 1400. The van der Waals surface area contributed by atoms with Gasteiger partial charge in [-0.25, -0.2) is 14.4 Å². The molecule has 2 aliphatic heterocycles. The SMILES string of the molecule is COOC(=O)c1ccc2c(c1)Oc1cc(C(=O)OOC(C)(C)C)ccc1C21OC(=O)c2ccccc21. The molecule has 0 saturated heterocycles. The topological polar surface area (TPSA) is 107 Å². The molecule has 2 heterocycles. The number of hydrogen-bond acceptors (Lipinski definition) is 9. The van der Waals surface area contributed by atoms with Crippen molar-refractivity contribution >= 4 is 17.9 Å².